The molecule has 1 aliphatic carbocycles. The van der Waals surface area contributed by atoms with Gasteiger partial charge in [0, 0.05) is 11.0 Å². The van der Waals surface area contributed by atoms with E-state index >= 15 is 0 Å². The number of benzene rings is 1. The van der Waals surface area contributed by atoms with Crippen molar-refractivity contribution in [1.29, 1.82) is 0 Å². The molecule has 120 valence electrons. The number of aromatic hydroxyl groups is 1. The molecule has 2 atom stereocenters. The Bertz CT molecular complexity index is 770. The topological polar surface area (TPSA) is 87.0 Å². The van der Waals surface area contributed by atoms with Crippen molar-refractivity contribution in [1.82, 2.24) is 0 Å². The zero-order valence-corrected chi connectivity index (χ0v) is 12.9. The number of ketones is 1. The Balaban J connectivity index is 2.18. The van der Waals surface area contributed by atoms with E-state index in [4.69, 9.17) is 4.74 Å². The molecule has 0 fully saturated rings. The first-order valence-electron chi connectivity index (χ1n) is 7.28. The monoisotopic (exact) mass is 314 g/mol. The highest BCUT2D eigenvalue weighted by Crippen LogP contribution is 2.46. The lowest BCUT2D eigenvalue weighted by atomic mass is 9.74. The Hall–Kier alpha value is -2.69. The van der Waals surface area contributed by atoms with Gasteiger partial charge in [-0.15, -0.1) is 6.58 Å². The quantitative estimate of drug-likeness (QED) is 0.728. The number of aliphatic hydroxyl groups excluding tert-OH is 2. The molecule has 2 unspecified atom stereocenters. The van der Waals surface area contributed by atoms with Crippen LogP contribution in [0.5, 0.6) is 11.5 Å². The zero-order valence-electron chi connectivity index (χ0n) is 12.9. The number of carbonyl (C=O) groups is 1. The van der Waals surface area contributed by atoms with E-state index in [-0.39, 0.29) is 28.6 Å². The van der Waals surface area contributed by atoms with E-state index in [0.717, 1.165) is 0 Å². The number of para-hydroxylation sites is 1. The van der Waals surface area contributed by atoms with Crippen LogP contribution in [0.25, 0.3) is 0 Å². The number of fused-ring (bicyclic) bond motifs is 2. The molecule has 1 heterocycles. The van der Waals surface area contributed by atoms with Crippen molar-refractivity contribution in [3.05, 3.63) is 59.6 Å². The summed E-state index contributed by atoms with van der Waals surface area (Å²) in [6.45, 7) is 7.38. The molecule has 0 radical (unpaired) electrons. The maximum absolute atomic E-state index is 12.8. The second-order valence-corrected chi connectivity index (χ2v) is 6.33. The van der Waals surface area contributed by atoms with E-state index < -0.39 is 23.2 Å². The summed E-state index contributed by atoms with van der Waals surface area (Å²) in [5.74, 6) is -1.90. The van der Waals surface area contributed by atoms with Gasteiger partial charge in [0.1, 0.15) is 17.4 Å². The molecule has 3 N–H and O–H groups in total. The highest BCUT2D eigenvalue weighted by Gasteiger charge is 2.47. The Morgan fingerprint density at radius 2 is 1.96 bits per heavy atom. The van der Waals surface area contributed by atoms with Crippen molar-refractivity contribution in [2.24, 2.45) is 11.3 Å². The summed E-state index contributed by atoms with van der Waals surface area (Å²) in [6, 6.07) is 4.45. The van der Waals surface area contributed by atoms with Crippen molar-refractivity contribution in [3.63, 3.8) is 0 Å². The molecule has 0 saturated heterocycles. The van der Waals surface area contributed by atoms with Crippen LogP contribution >= 0.6 is 0 Å². The fourth-order valence-corrected chi connectivity index (χ4v) is 2.94. The van der Waals surface area contributed by atoms with Crippen LogP contribution in [-0.2, 0) is 0 Å². The van der Waals surface area contributed by atoms with Crippen molar-refractivity contribution in [2.75, 3.05) is 0 Å². The van der Waals surface area contributed by atoms with Crippen LogP contribution in [0.3, 0.4) is 0 Å². The second kappa shape index (κ2) is 4.91. The maximum Gasteiger partial charge on any atom is 0.181 e. The van der Waals surface area contributed by atoms with Crippen molar-refractivity contribution >= 4 is 5.78 Å². The number of carbonyl (C=O) groups excluding carboxylic acids is 1. The van der Waals surface area contributed by atoms with E-state index in [1.165, 1.54) is 24.3 Å². The van der Waals surface area contributed by atoms with Crippen molar-refractivity contribution in [2.45, 2.75) is 20.0 Å². The molecule has 3 rings (SSSR count). The Morgan fingerprint density at radius 3 is 2.61 bits per heavy atom. The van der Waals surface area contributed by atoms with Crippen LogP contribution in [-0.4, -0.2) is 27.2 Å². The van der Waals surface area contributed by atoms with E-state index in [1.54, 1.807) is 6.08 Å². The van der Waals surface area contributed by atoms with Crippen molar-refractivity contribution < 1.29 is 24.9 Å². The standard InChI is InChI=1S/C18H18O5/c1-4-18(2,3)10-8-12(20)17-13(15(10)22)14(21)9-6-5-7-11(19)16(9)23-17/h4-8,13,17,19-20,22H,1H2,2-3H3. The van der Waals surface area contributed by atoms with Gasteiger partial charge in [0.15, 0.2) is 23.4 Å². The lowest BCUT2D eigenvalue weighted by Crippen LogP contribution is -2.43. The minimum atomic E-state index is -1.05. The number of ether oxygens (including phenoxy) is 1. The second-order valence-electron chi connectivity index (χ2n) is 6.33. The molecule has 23 heavy (non-hydrogen) atoms. The number of rotatable bonds is 2. The summed E-state index contributed by atoms with van der Waals surface area (Å²) in [5.41, 5.74) is -0.0161. The summed E-state index contributed by atoms with van der Waals surface area (Å²) >= 11 is 0. The van der Waals surface area contributed by atoms with E-state index in [2.05, 4.69) is 6.58 Å². The molecule has 1 aromatic carbocycles. The normalized spacial score (nSPS) is 23.6. The van der Waals surface area contributed by atoms with Crippen LogP contribution in [0, 0.1) is 11.3 Å². The molecule has 5 nitrogen and oxygen atoms in total. The predicted molar refractivity (Wildman–Crippen MR) is 84.7 cm³/mol. The predicted octanol–water partition coefficient (Wildman–Crippen LogP) is 3.43. The van der Waals surface area contributed by atoms with Gasteiger partial charge in [0.2, 0.25) is 0 Å². The van der Waals surface area contributed by atoms with Gasteiger partial charge in [-0.1, -0.05) is 26.0 Å². The molecule has 0 bridgehead atoms. The highest BCUT2D eigenvalue weighted by molar-refractivity contribution is 6.04. The molecule has 2 aliphatic rings. The summed E-state index contributed by atoms with van der Waals surface area (Å²) in [6.07, 6.45) is 1.99. The third-order valence-electron chi connectivity index (χ3n) is 4.45. The zero-order chi connectivity index (χ0) is 16.9. The van der Waals surface area contributed by atoms with E-state index in [0.29, 0.717) is 5.57 Å². The number of aliphatic hydroxyl groups is 2. The largest absolute Gasteiger partial charge is 0.511 e. The smallest absolute Gasteiger partial charge is 0.181 e. The summed E-state index contributed by atoms with van der Waals surface area (Å²) in [5, 5.41) is 30.8. The summed E-state index contributed by atoms with van der Waals surface area (Å²) in [4.78, 5) is 12.8. The highest BCUT2D eigenvalue weighted by atomic mass is 16.5. The Morgan fingerprint density at radius 1 is 1.26 bits per heavy atom. The number of hydrogen-bond acceptors (Lipinski definition) is 5. The number of phenols is 1. The first kappa shape index (κ1) is 15.2. The van der Waals surface area contributed by atoms with Gasteiger partial charge in [-0.2, -0.15) is 0 Å². The molecular formula is C18H18O5. The molecular weight excluding hydrogens is 296 g/mol. The van der Waals surface area contributed by atoms with Crippen LogP contribution < -0.4 is 4.74 Å². The molecule has 0 amide bonds. The van der Waals surface area contributed by atoms with Gasteiger partial charge in [0.25, 0.3) is 0 Å². The molecule has 0 saturated carbocycles. The van der Waals surface area contributed by atoms with Crippen molar-refractivity contribution in [3.8, 4) is 11.5 Å². The average Bonchev–Trinajstić information content (AvgIpc) is 2.51. The summed E-state index contributed by atoms with van der Waals surface area (Å²) in [7, 11) is 0. The van der Waals surface area contributed by atoms with Crippen LogP contribution in [0.1, 0.15) is 24.2 Å². The Kier molecular flexibility index (Phi) is 3.25. The lowest BCUT2D eigenvalue weighted by molar-refractivity contribution is 0.0581. The van der Waals surface area contributed by atoms with Gasteiger partial charge in [-0.05, 0) is 18.2 Å². The third kappa shape index (κ3) is 2.11. The fraction of sp³-hybridized carbons (Fsp3) is 0.278. The van der Waals surface area contributed by atoms with Gasteiger partial charge < -0.3 is 20.1 Å². The first-order chi connectivity index (χ1) is 10.8. The van der Waals surface area contributed by atoms with Crippen LogP contribution in [0.2, 0.25) is 0 Å². The van der Waals surface area contributed by atoms with Crippen LogP contribution in [0.15, 0.2) is 54.0 Å². The van der Waals surface area contributed by atoms with Gasteiger partial charge in [-0.25, -0.2) is 0 Å². The molecule has 0 aromatic heterocycles. The van der Waals surface area contributed by atoms with E-state index in [9.17, 15) is 20.1 Å². The number of Topliss-reactive ketones (excluding diaryl/α,β-unsaturated/α-hetero) is 1. The van der Waals surface area contributed by atoms with Crippen LogP contribution in [0.4, 0.5) is 0 Å². The minimum Gasteiger partial charge on any atom is -0.511 e. The first-order valence-corrected chi connectivity index (χ1v) is 7.28. The van der Waals surface area contributed by atoms with Gasteiger partial charge >= 0.3 is 0 Å². The maximum atomic E-state index is 12.8. The fourth-order valence-electron chi connectivity index (χ4n) is 2.94. The molecule has 5 heteroatoms. The average molecular weight is 314 g/mol. The Labute approximate surface area is 133 Å². The SMILES string of the molecule is C=CC(C)(C)C1=C(O)C2C(=O)c3cccc(O)c3OC2C(O)=C1. The molecule has 0 spiro atoms. The lowest BCUT2D eigenvalue weighted by Gasteiger charge is -2.37. The molecule has 1 aliphatic heterocycles. The summed E-state index contributed by atoms with van der Waals surface area (Å²) < 4.78 is 5.61. The number of phenolic OH excluding ortho intramolecular Hbond substituents is 1. The molecule has 1 aromatic rings. The minimum absolute atomic E-state index is 0.0259. The van der Waals surface area contributed by atoms with Gasteiger partial charge in [-0.3, -0.25) is 4.79 Å². The third-order valence-corrected chi connectivity index (χ3v) is 4.45. The van der Waals surface area contributed by atoms with E-state index in [1.807, 2.05) is 13.8 Å². The number of allylic oxidation sites excluding steroid dienone is 3. The number of hydrogen-bond donors (Lipinski definition) is 3. The van der Waals surface area contributed by atoms with Gasteiger partial charge in [0.05, 0.1) is 5.56 Å².